The Hall–Kier alpha value is -2.23. The summed E-state index contributed by atoms with van der Waals surface area (Å²) in [5.74, 6) is 1.40. The summed E-state index contributed by atoms with van der Waals surface area (Å²) in [6, 6.07) is 11.2. The van der Waals surface area contributed by atoms with Gasteiger partial charge >= 0.3 is 0 Å². The summed E-state index contributed by atoms with van der Waals surface area (Å²) in [5, 5.41) is 0. The molecule has 0 spiro atoms. The number of hydrogen-bond donors (Lipinski definition) is 1. The van der Waals surface area contributed by atoms with Crippen LogP contribution in [0.5, 0.6) is 11.6 Å². The minimum atomic E-state index is 0.405. The molecular formula is C14H16N2O2. The molecule has 0 atom stereocenters. The highest BCUT2D eigenvalue weighted by atomic mass is 16.5. The number of aromatic nitrogens is 1. The number of benzene rings is 1. The molecule has 1 aromatic heterocycles. The standard InChI is InChI=1S/C14H16N2O2/c1-10-8-11(15)6-7-13(10)18-9-12-4-3-5-14(16-12)17-2/h3-8H,9,15H2,1-2H3. The Bertz CT molecular complexity index is 541. The van der Waals surface area contributed by atoms with E-state index in [2.05, 4.69) is 4.98 Å². The lowest BCUT2D eigenvalue weighted by Gasteiger charge is -2.09. The maximum absolute atomic E-state index is 5.70. The normalized spacial score (nSPS) is 10.1. The van der Waals surface area contributed by atoms with Gasteiger partial charge in [-0.15, -0.1) is 0 Å². The van der Waals surface area contributed by atoms with Gasteiger partial charge in [-0.2, -0.15) is 0 Å². The fourth-order valence-electron chi connectivity index (χ4n) is 1.64. The molecule has 0 aliphatic heterocycles. The Balaban J connectivity index is 2.06. The zero-order valence-corrected chi connectivity index (χ0v) is 10.5. The van der Waals surface area contributed by atoms with Gasteiger partial charge in [0.15, 0.2) is 0 Å². The van der Waals surface area contributed by atoms with E-state index in [0.29, 0.717) is 12.5 Å². The Morgan fingerprint density at radius 2 is 2.06 bits per heavy atom. The van der Waals surface area contributed by atoms with Crippen molar-refractivity contribution in [3.8, 4) is 11.6 Å². The molecule has 0 fully saturated rings. The molecule has 2 aromatic rings. The van der Waals surface area contributed by atoms with Gasteiger partial charge in [-0.3, -0.25) is 0 Å². The summed E-state index contributed by atoms with van der Waals surface area (Å²) >= 11 is 0. The van der Waals surface area contributed by atoms with E-state index in [9.17, 15) is 0 Å². The summed E-state index contributed by atoms with van der Waals surface area (Å²) < 4.78 is 10.8. The molecule has 0 bridgehead atoms. The average molecular weight is 244 g/mol. The van der Waals surface area contributed by atoms with Crippen LogP contribution in [-0.2, 0) is 6.61 Å². The molecule has 0 saturated heterocycles. The first-order valence-electron chi connectivity index (χ1n) is 5.68. The third-order valence-electron chi connectivity index (χ3n) is 2.56. The lowest BCUT2D eigenvalue weighted by atomic mass is 10.2. The van der Waals surface area contributed by atoms with E-state index < -0.39 is 0 Å². The molecule has 0 aliphatic carbocycles. The van der Waals surface area contributed by atoms with Gasteiger partial charge in [-0.1, -0.05) is 6.07 Å². The van der Waals surface area contributed by atoms with Crippen LogP contribution in [0.3, 0.4) is 0 Å². The third-order valence-corrected chi connectivity index (χ3v) is 2.56. The molecule has 0 aliphatic rings. The largest absolute Gasteiger partial charge is 0.487 e. The second-order valence-electron chi connectivity index (χ2n) is 3.98. The summed E-state index contributed by atoms with van der Waals surface area (Å²) in [4.78, 5) is 4.28. The van der Waals surface area contributed by atoms with Crippen LogP contribution >= 0.6 is 0 Å². The zero-order chi connectivity index (χ0) is 13.0. The van der Waals surface area contributed by atoms with E-state index in [1.807, 2.05) is 37.3 Å². The number of anilines is 1. The van der Waals surface area contributed by atoms with Crippen LogP contribution in [-0.4, -0.2) is 12.1 Å². The SMILES string of the molecule is COc1cccc(COc2ccc(N)cc2C)n1. The topological polar surface area (TPSA) is 57.4 Å². The number of methoxy groups -OCH3 is 1. The predicted molar refractivity (Wildman–Crippen MR) is 70.7 cm³/mol. The fourth-order valence-corrected chi connectivity index (χ4v) is 1.64. The van der Waals surface area contributed by atoms with E-state index in [-0.39, 0.29) is 0 Å². The summed E-state index contributed by atoms with van der Waals surface area (Å²) in [6.07, 6.45) is 0. The van der Waals surface area contributed by atoms with Crippen LogP contribution in [0.2, 0.25) is 0 Å². The quantitative estimate of drug-likeness (QED) is 0.840. The molecule has 1 aromatic carbocycles. The van der Waals surface area contributed by atoms with Gasteiger partial charge in [0.2, 0.25) is 5.88 Å². The summed E-state index contributed by atoms with van der Waals surface area (Å²) in [6.45, 7) is 2.37. The van der Waals surface area contributed by atoms with Crippen molar-refractivity contribution in [3.05, 3.63) is 47.7 Å². The highest BCUT2D eigenvalue weighted by Crippen LogP contribution is 2.21. The second kappa shape index (κ2) is 5.40. The molecule has 1 heterocycles. The first kappa shape index (κ1) is 12.2. The van der Waals surface area contributed by atoms with Crippen LogP contribution in [0.1, 0.15) is 11.3 Å². The first-order valence-corrected chi connectivity index (χ1v) is 5.68. The lowest BCUT2D eigenvalue weighted by Crippen LogP contribution is -2.00. The van der Waals surface area contributed by atoms with Crippen LogP contribution in [0.15, 0.2) is 36.4 Å². The number of pyridine rings is 1. The second-order valence-corrected chi connectivity index (χ2v) is 3.98. The van der Waals surface area contributed by atoms with Crippen LogP contribution in [0.25, 0.3) is 0 Å². The average Bonchev–Trinajstić information content (AvgIpc) is 2.38. The van der Waals surface area contributed by atoms with Crippen LogP contribution < -0.4 is 15.2 Å². The molecule has 0 amide bonds. The van der Waals surface area contributed by atoms with E-state index in [4.69, 9.17) is 15.2 Å². The number of aryl methyl sites for hydroxylation is 1. The third kappa shape index (κ3) is 2.91. The molecule has 2 rings (SSSR count). The van der Waals surface area contributed by atoms with Crippen molar-refractivity contribution < 1.29 is 9.47 Å². The number of nitrogens with zero attached hydrogens (tertiary/aromatic N) is 1. The van der Waals surface area contributed by atoms with Crippen molar-refractivity contribution in [2.75, 3.05) is 12.8 Å². The van der Waals surface area contributed by atoms with Crippen LogP contribution in [0.4, 0.5) is 5.69 Å². The number of rotatable bonds is 4. The van der Waals surface area contributed by atoms with Crippen molar-refractivity contribution in [1.82, 2.24) is 4.98 Å². The molecule has 94 valence electrons. The highest BCUT2D eigenvalue weighted by molar-refractivity contribution is 5.47. The van der Waals surface area contributed by atoms with Gasteiger partial charge in [0.25, 0.3) is 0 Å². The Kier molecular flexibility index (Phi) is 3.67. The van der Waals surface area contributed by atoms with Gasteiger partial charge in [0, 0.05) is 11.8 Å². The Morgan fingerprint density at radius 3 is 2.78 bits per heavy atom. The summed E-state index contributed by atoms with van der Waals surface area (Å²) in [5.41, 5.74) is 8.26. The predicted octanol–water partition coefficient (Wildman–Crippen LogP) is 2.56. The molecule has 4 nitrogen and oxygen atoms in total. The smallest absolute Gasteiger partial charge is 0.213 e. The van der Waals surface area contributed by atoms with Crippen molar-refractivity contribution in [1.29, 1.82) is 0 Å². The lowest BCUT2D eigenvalue weighted by molar-refractivity contribution is 0.296. The van der Waals surface area contributed by atoms with Gasteiger partial charge in [-0.05, 0) is 36.8 Å². The number of ether oxygens (including phenoxy) is 2. The van der Waals surface area contributed by atoms with Gasteiger partial charge in [0.05, 0.1) is 12.8 Å². The van der Waals surface area contributed by atoms with Gasteiger partial charge in [-0.25, -0.2) is 4.98 Å². The number of hydrogen-bond acceptors (Lipinski definition) is 4. The minimum absolute atomic E-state index is 0.405. The van der Waals surface area contributed by atoms with E-state index in [1.54, 1.807) is 13.2 Å². The molecule has 4 heteroatoms. The van der Waals surface area contributed by atoms with E-state index in [0.717, 1.165) is 22.7 Å². The van der Waals surface area contributed by atoms with Crippen molar-refractivity contribution in [3.63, 3.8) is 0 Å². The van der Waals surface area contributed by atoms with Crippen molar-refractivity contribution >= 4 is 5.69 Å². The molecule has 0 unspecified atom stereocenters. The Morgan fingerprint density at radius 1 is 1.22 bits per heavy atom. The van der Waals surface area contributed by atoms with Crippen molar-refractivity contribution in [2.24, 2.45) is 0 Å². The van der Waals surface area contributed by atoms with Gasteiger partial charge < -0.3 is 15.2 Å². The molecule has 0 radical (unpaired) electrons. The molecule has 18 heavy (non-hydrogen) atoms. The molecular weight excluding hydrogens is 228 g/mol. The monoisotopic (exact) mass is 244 g/mol. The maximum Gasteiger partial charge on any atom is 0.213 e. The fraction of sp³-hybridized carbons (Fsp3) is 0.214. The molecule has 0 saturated carbocycles. The highest BCUT2D eigenvalue weighted by Gasteiger charge is 2.02. The maximum atomic E-state index is 5.70. The zero-order valence-electron chi connectivity index (χ0n) is 10.5. The van der Waals surface area contributed by atoms with Crippen LogP contribution in [0, 0.1) is 6.92 Å². The first-order chi connectivity index (χ1) is 8.69. The number of nitrogen functional groups attached to an aromatic ring is 1. The van der Waals surface area contributed by atoms with Gasteiger partial charge in [0.1, 0.15) is 12.4 Å². The molecule has 2 N–H and O–H groups in total. The van der Waals surface area contributed by atoms with E-state index in [1.165, 1.54) is 0 Å². The minimum Gasteiger partial charge on any atom is -0.487 e. The van der Waals surface area contributed by atoms with E-state index >= 15 is 0 Å². The Labute approximate surface area is 106 Å². The summed E-state index contributed by atoms with van der Waals surface area (Å²) in [7, 11) is 1.59. The number of nitrogens with two attached hydrogens (primary N) is 1. The van der Waals surface area contributed by atoms with Crippen molar-refractivity contribution in [2.45, 2.75) is 13.5 Å².